The Bertz CT molecular complexity index is 1940. The van der Waals surface area contributed by atoms with E-state index in [2.05, 4.69) is 74.7 Å². The third kappa shape index (κ3) is 7.32. The Hall–Kier alpha value is -4.71. The number of hydrogen-bond acceptors (Lipinski definition) is 5. The Morgan fingerprint density at radius 2 is 1.79 bits per heavy atom. The van der Waals surface area contributed by atoms with E-state index in [0.29, 0.717) is 28.1 Å². The number of nitrogens with one attached hydrogen (secondary N) is 1. The van der Waals surface area contributed by atoms with Gasteiger partial charge >= 0.3 is 12.4 Å². The van der Waals surface area contributed by atoms with E-state index in [9.17, 15) is 18.0 Å². The minimum Gasteiger partial charge on any atom is -0.406 e. The van der Waals surface area contributed by atoms with Crippen LogP contribution in [-0.4, -0.2) is 37.8 Å². The van der Waals surface area contributed by atoms with Gasteiger partial charge in [0.25, 0.3) is 0 Å². The topological polar surface area (TPSA) is 86.3 Å². The summed E-state index contributed by atoms with van der Waals surface area (Å²) >= 11 is 1.46. The number of urea groups is 1. The largest absolute Gasteiger partial charge is 0.573 e. The van der Waals surface area contributed by atoms with Gasteiger partial charge in [0.15, 0.2) is 10.6 Å². The number of alkyl halides is 3. The Morgan fingerprint density at radius 3 is 2.49 bits per heavy atom. The molecule has 2 aromatic heterocycles. The SMILES string of the molecule is Cc1cccc(-n2c(C)cs/c2=N\C(=O)NC2CCC(c3ccc(-c4ncn(-c5ccc(OC(F)(F)F)cc5)n4)cc3)C2)c1C(C)C. The lowest BCUT2D eigenvalue weighted by atomic mass is 9.96. The van der Waals surface area contributed by atoms with Crippen LogP contribution in [0.2, 0.25) is 0 Å². The number of thiazole rings is 1. The van der Waals surface area contributed by atoms with Gasteiger partial charge < -0.3 is 10.1 Å². The first kappa shape index (κ1) is 32.2. The van der Waals surface area contributed by atoms with Crippen molar-refractivity contribution in [1.29, 1.82) is 0 Å². The van der Waals surface area contributed by atoms with E-state index >= 15 is 0 Å². The lowest BCUT2D eigenvalue weighted by molar-refractivity contribution is -0.274. The van der Waals surface area contributed by atoms with E-state index in [-0.39, 0.29) is 17.8 Å². The smallest absolute Gasteiger partial charge is 0.406 e. The summed E-state index contributed by atoms with van der Waals surface area (Å²) in [6, 6.07) is 19.4. The molecule has 5 aromatic rings. The van der Waals surface area contributed by atoms with Crippen LogP contribution in [-0.2, 0) is 0 Å². The number of carbonyl (C=O) groups excluding carboxylic acids is 1. The predicted molar refractivity (Wildman–Crippen MR) is 175 cm³/mol. The van der Waals surface area contributed by atoms with Crippen molar-refractivity contribution in [3.05, 3.63) is 106 Å². The summed E-state index contributed by atoms with van der Waals surface area (Å²) in [4.78, 5) is 22.6. The van der Waals surface area contributed by atoms with Crippen molar-refractivity contribution in [2.75, 3.05) is 0 Å². The zero-order valence-corrected chi connectivity index (χ0v) is 27.3. The number of carbonyl (C=O) groups is 1. The van der Waals surface area contributed by atoms with E-state index in [1.54, 1.807) is 0 Å². The van der Waals surface area contributed by atoms with Crippen LogP contribution in [0.4, 0.5) is 18.0 Å². The van der Waals surface area contributed by atoms with Crippen LogP contribution in [0, 0.1) is 13.8 Å². The minimum absolute atomic E-state index is 0.0286. The Balaban J connectivity index is 1.09. The Morgan fingerprint density at radius 1 is 1.04 bits per heavy atom. The second kappa shape index (κ2) is 13.2. The average Bonchev–Trinajstić information content (AvgIpc) is 3.77. The molecule has 8 nitrogen and oxygen atoms in total. The monoisotopic (exact) mass is 660 g/mol. The molecular weight excluding hydrogens is 625 g/mol. The van der Waals surface area contributed by atoms with Crippen molar-refractivity contribution >= 4 is 17.4 Å². The number of aryl methyl sites for hydroxylation is 2. The van der Waals surface area contributed by atoms with Crippen LogP contribution in [0.25, 0.3) is 22.8 Å². The average molecular weight is 661 g/mol. The van der Waals surface area contributed by atoms with Crippen molar-refractivity contribution in [2.45, 2.75) is 71.2 Å². The zero-order valence-electron chi connectivity index (χ0n) is 26.5. The Labute approximate surface area is 274 Å². The summed E-state index contributed by atoms with van der Waals surface area (Å²) in [5, 5.41) is 9.65. The van der Waals surface area contributed by atoms with Gasteiger partial charge in [-0.15, -0.1) is 29.6 Å². The van der Waals surface area contributed by atoms with Crippen molar-refractivity contribution in [3.8, 4) is 28.5 Å². The lowest BCUT2D eigenvalue weighted by Crippen LogP contribution is -2.32. The Kier molecular flexibility index (Phi) is 9.05. The number of hydrogen-bond donors (Lipinski definition) is 1. The van der Waals surface area contributed by atoms with Crippen LogP contribution in [0.15, 0.2) is 83.4 Å². The number of aromatic nitrogens is 4. The van der Waals surface area contributed by atoms with Crippen LogP contribution in [0.1, 0.15) is 67.3 Å². The van der Waals surface area contributed by atoms with Gasteiger partial charge in [-0.1, -0.05) is 50.2 Å². The fourth-order valence-corrected chi connectivity index (χ4v) is 7.17. The molecule has 2 heterocycles. The molecule has 3 aromatic carbocycles. The molecule has 0 spiro atoms. The van der Waals surface area contributed by atoms with Crippen molar-refractivity contribution in [3.63, 3.8) is 0 Å². The van der Waals surface area contributed by atoms with Crippen LogP contribution >= 0.6 is 11.3 Å². The van der Waals surface area contributed by atoms with Crippen molar-refractivity contribution < 1.29 is 22.7 Å². The maximum absolute atomic E-state index is 13.1. The van der Waals surface area contributed by atoms with Gasteiger partial charge in [0.2, 0.25) is 0 Å². The summed E-state index contributed by atoms with van der Waals surface area (Å²) in [6.07, 6.45) is -0.595. The molecule has 2 amide bonds. The van der Waals surface area contributed by atoms with Gasteiger partial charge in [0, 0.05) is 22.7 Å². The van der Waals surface area contributed by atoms with E-state index < -0.39 is 6.36 Å². The second-order valence-corrected chi connectivity index (χ2v) is 12.9. The highest BCUT2D eigenvalue weighted by Crippen LogP contribution is 2.35. The van der Waals surface area contributed by atoms with E-state index in [1.807, 2.05) is 30.5 Å². The number of rotatable bonds is 7. The highest BCUT2D eigenvalue weighted by atomic mass is 32.1. The highest BCUT2D eigenvalue weighted by Gasteiger charge is 2.31. The normalized spacial score (nSPS) is 17.0. The van der Waals surface area contributed by atoms with Gasteiger partial charge in [-0.25, -0.2) is 14.5 Å². The second-order valence-electron chi connectivity index (χ2n) is 12.1. The maximum atomic E-state index is 13.1. The molecule has 2 atom stereocenters. The summed E-state index contributed by atoms with van der Waals surface area (Å²) in [7, 11) is 0. The molecule has 2 unspecified atom stereocenters. The number of amides is 2. The first-order chi connectivity index (χ1) is 22.4. The molecule has 1 saturated carbocycles. The van der Waals surface area contributed by atoms with Crippen LogP contribution in [0.3, 0.4) is 0 Å². The summed E-state index contributed by atoms with van der Waals surface area (Å²) < 4.78 is 44.9. The molecule has 0 bridgehead atoms. The molecule has 12 heteroatoms. The highest BCUT2D eigenvalue weighted by molar-refractivity contribution is 7.07. The summed E-state index contributed by atoms with van der Waals surface area (Å²) in [5.74, 6) is 0.822. The van der Waals surface area contributed by atoms with Crippen LogP contribution in [0.5, 0.6) is 5.75 Å². The fraction of sp³-hybridized carbons (Fsp3) is 0.314. The van der Waals surface area contributed by atoms with E-state index in [4.69, 9.17) is 0 Å². The van der Waals surface area contributed by atoms with Crippen molar-refractivity contribution in [2.24, 2.45) is 4.99 Å². The van der Waals surface area contributed by atoms with Gasteiger partial charge in [-0.2, -0.15) is 4.99 Å². The number of nitrogens with zero attached hydrogens (tertiary/aromatic N) is 5. The third-order valence-corrected chi connectivity index (χ3v) is 9.37. The van der Waals surface area contributed by atoms with E-state index in [1.165, 1.54) is 63.3 Å². The predicted octanol–water partition coefficient (Wildman–Crippen LogP) is 8.37. The van der Waals surface area contributed by atoms with Gasteiger partial charge in [-0.3, -0.25) is 4.57 Å². The molecular formula is C35H35F3N6O2S. The standard InChI is InChI=1S/C35H35F3N6O2S/c1-21(2)31-22(3)6-5-7-30(31)44-23(4)19-47-34(44)41-33(45)40-27-13-12-26(18-27)24-8-10-25(11-9-24)32-39-20-43(42-32)28-14-16-29(17-15-28)46-35(36,37)38/h5-11,14-17,19-21,26-27H,12-13,18H2,1-4H3,(H,40,45)/b41-34-. The third-order valence-electron chi connectivity index (χ3n) is 8.42. The maximum Gasteiger partial charge on any atom is 0.573 e. The molecule has 47 heavy (non-hydrogen) atoms. The fourth-order valence-electron chi connectivity index (χ4n) is 6.31. The molecule has 1 N–H and O–H groups in total. The first-order valence-corrected chi connectivity index (χ1v) is 16.3. The van der Waals surface area contributed by atoms with Gasteiger partial charge in [0.1, 0.15) is 12.1 Å². The molecule has 1 aliphatic carbocycles. The molecule has 0 saturated heterocycles. The first-order valence-electron chi connectivity index (χ1n) is 15.5. The number of halogens is 3. The molecule has 244 valence electrons. The van der Waals surface area contributed by atoms with Gasteiger partial charge in [0.05, 0.1) is 11.4 Å². The molecule has 6 rings (SSSR count). The lowest BCUT2D eigenvalue weighted by Gasteiger charge is -2.18. The molecule has 1 aliphatic rings. The molecule has 0 radical (unpaired) electrons. The van der Waals surface area contributed by atoms with Crippen molar-refractivity contribution in [1.82, 2.24) is 24.6 Å². The summed E-state index contributed by atoms with van der Waals surface area (Å²) in [5.41, 5.74) is 7.11. The summed E-state index contributed by atoms with van der Waals surface area (Å²) in [6.45, 7) is 8.51. The number of ether oxygens (including phenoxy) is 1. The van der Waals surface area contributed by atoms with Gasteiger partial charge in [-0.05, 0) is 92.0 Å². The number of benzene rings is 3. The zero-order chi connectivity index (χ0) is 33.3. The minimum atomic E-state index is -4.75. The van der Waals surface area contributed by atoms with Crippen LogP contribution < -0.4 is 14.9 Å². The van der Waals surface area contributed by atoms with E-state index in [0.717, 1.165) is 36.2 Å². The quantitative estimate of drug-likeness (QED) is 0.190. The molecule has 1 fully saturated rings. The molecule has 0 aliphatic heterocycles.